The molecule has 0 spiro atoms. The van der Waals surface area contributed by atoms with Crippen LogP contribution in [0.5, 0.6) is 0 Å². The van der Waals surface area contributed by atoms with E-state index in [9.17, 15) is 0 Å². The van der Waals surface area contributed by atoms with Gasteiger partial charge in [0.25, 0.3) is 0 Å². The normalized spacial score (nSPS) is 11.0. The molecule has 0 aromatic carbocycles. The number of aromatic nitrogens is 7. The number of aromatic amines is 1. The van der Waals surface area contributed by atoms with Crippen LogP contribution in [0.15, 0.2) is 19.0 Å². The smallest absolute Gasteiger partial charge is 0.226 e. The Balaban J connectivity index is 2.38. The maximum atomic E-state index is 5.76. The zero-order chi connectivity index (χ0) is 10.3. The molecule has 3 aromatic rings. The van der Waals surface area contributed by atoms with Gasteiger partial charge in [-0.1, -0.05) is 0 Å². The third-order valence-corrected chi connectivity index (χ3v) is 2.04. The summed E-state index contributed by atoms with van der Waals surface area (Å²) in [5.41, 5.74) is 1.17. The molecule has 7 nitrogen and oxygen atoms in total. The Morgan fingerprint density at radius 3 is 3.07 bits per heavy atom. The lowest BCUT2D eigenvalue weighted by molar-refractivity contribution is 0.847. The Bertz CT molecular complexity index is 599. The average molecular weight is 222 g/mol. The van der Waals surface area contributed by atoms with Gasteiger partial charge in [0.05, 0.1) is 6.33 Å². The van der Waals surface area contributed by atoms with E-state index < -0.39 is 0 Å². The summed E-state index contributed by atoms with van der Waals surface area (Å²) in [5.74, 6) is 0.528. The Hall–Kier alpha value is -2.02. The maximum absolute atomic E-state index is 5.76. The van der Waals surface area contributed by atoms with E-state index in [0.717, 1.165) is 0 Å². The molecule has 0 radical (unpaired) electrons. The molecule has 0 aliphatic carbocycles. The first-order chi connectivity index (χ1) is 7.34. The molecule has 0 saturated heterocycles. The molecule has 0 fully saturated rings. The quantitative estimate of drug-likeness (QED) is 0.608. The van der Waals surface area contributed by atoms with Crippen LogP contribution in [0.3, 0.4) is 0 Å². The minimum Gasteiger partial charge on any atom is -0.340 e. The van der Waals surface area contributed by atoms with Crippen LogP contribution in [0.1, 0.15) is 0 Å². The van der Waals surface area contributed by atoms with Crippen molar-refractivity contribution in [3.05, 3.63) is 24.3 Å². The second kappa shape index (κ2) is 2.99. The fourth-order valence-corrected chi connectivity index (χ4v) is 1.44. The van der Waals surface area contributed by atoms with Crippen molar-refractivity contribution in [2.75, 3.05) is 0 Å². The third-order valence-electron chi connectivity index (χ3n) is 1.88. The molecule has 0 atom stereocenters. The molecule has 0 amide bonds. The van der Waals surface area contributed by atoms with E-state index in [4.69, 9.17) is 11.6 Å². The van der Waals surface area contributed by atoms with Crippen LogP contribution < -0.4 is 0 Å². The molecule has 1 N–H and O–H groups in total. The summed E-state index contributed by atoms with van der Waals surface area (Å²) >= 11 is 5.76. The Morgan fingerprint density at radius 2 is 2.27 bits per heavy atom. The van der Waals surface area contributed by atoms with Crippen LogP contribution in [0.25, 0.3) is 17.0 Å². The van der Waals surface area contributed by atoms with E-state index in [1.165, 1.54) is 23.7 Å². The predicted molar refractivity (Wildman–Crippen MR) is 51.6 cm³/mol. The first-order valence-corrected chi connectivity index (χ1v) is 4.44. The molecule has 0 aliphatic heterocycles. The van der Waals surface area contributed by atoms with Gasteiger partial charge in [-0.05, 0) is 11.6 Å². The van der Waals surface area contributed by atoms with Gasteiger partial charge < -0.3 is 4.98 Å². The maximum Gasteiger partial charge on any atom is 0.226 e. The zero-order valence-electron chi connectivity index (χ0n) is 7.29. The van der Waals surface area contributed by atoms with Gasteiger partial charge in [-0.2, -0.15) is 15.1 Å². The van der Waals surface area contributed by atoms with E-state index in [1.807, 2.05) is 0 Å². The molecule has 0 aliphatic rings. The number of rotatable bonds is 1. The Labute approximate surface area is 88.2 Å². The summed E-state index contributed by atoms with van der Waals surface area (Å²) in [6.45, 7) is 0. The summed E-state index contributed by atoms with van der Waals surface area (Å²) in [7, 11) is 0. The summed E-state index contributed by atoms with van der Waals surface area (Å²) in [6.07, 6.45) is 4.47. The number of halogens is 1. The van der Waals surface area contributed by atoms with Crippen molar-refractivity contribution in [2.45, 2.75) is 0 Å². The van der Waals surface area contributed by atoms with E-state index in [2.05, 4.69) is 30.0 Å². The van der Waals surface area contributed by atoms with Crippen molar-refractivity contribution in [3.8, 4) is 5.82 Å². The highest BCUT2D eigenvalue weighted by Crippen LogP contribution is 2.16. The highest BCUT2D eigenvalue weighted by molar-refractivity contribution is 6.28. The SMILES string of the molecule is Clc1nc(-n2cncn2)c2[nH]cnc2n1. The minimum atomic E-state index is 0.125. The molecule has 3 heterocycles. The molecule has 8 heteroatoms. The standard InChI is InChI=1S/C7H4ClN7/c8-7-13-5-4(10-2-11-5)6(14-7)15-3-9-1-12-15/h1-3H,(H,10,11,13,14). The number of hydrogen-bond donors (Lipinski definition) is 1. The third kappa shape index (κ3) is 1.24. The molecule has 3 rings (SSSR count). The minimum absolute atomic E-state index is 0.125. The van der Waals surface area contributed by atoms with Gasteiger partial charge in [0.15, 0.2) is 11.5 Å². The fourth-order valence-electron chi connectivity index (χ4n) is 1.28. The lowest BCUT2D eigenvalue weighted by atomic mass is 10.5. The molecular weight excluding hydrogens is 218 g/mol. The van der Waals surface area contributed by atoms with Crippen LogP contribution >= 0.6 is 11.6 Å². The van der Waals surface area contributed by atoms with Crippen molar-refractivity contribution in [1.82, 2.24) is 34.7 Å². The lowest BCUT2D eigenvalue weighted by Gasteiger charge is -2.00. The molecule has 74 valence electrons. The molecule has 0 bridgehead atoms. The summed E-state index contributed by atoms with van der Waals surface area (Å²) in [4.78, 5) is 18.8. The van der Waals surface area contributed by atoms with Crippen molar-refractivity contribution in [3.63, 3.8) is 0 Å². The van der Waals surface area contributed by atoms with Gasteiger partial charge in [0.1, 0.15) is 18.2 Å². The second-order valence-electron chi connectivity index (χ2n) is 2.76. The van der Waals surface area contributed by atoms with Crippen LogP contribution in [0.2, 0.25) is 5.28 Å². The highest BCUT2D eigenvalue weighted by atomic mass is 35.5. The number of nitrogens with one attached hydrogen (secondary N) is 1. The largest absolute Gasteiger partial charge is 0.340 e. The molecule has 0 unspecified atom stereocenters. The summed E-state index contributed by atoms with van der Waals surface area (Å²) < 4.78 is 1.49. The molecular formula is C7H4ClN7. The van der Waals surface area contributed by atoms with E-state index >= 15 is 0 Å². The van der Waals surface area contributed by atoms with Gasteiger partial charge in [0, 0.05) is 0 Å². The number of hydrogen-bond acceptors (Lipinski definition) is 5. The van der Waals surface area contributed by atoms with Crippen LogP contribution in [0.4, 0.5) is 0 Å². The van der Waals surface area contributed by atoms with Gasteiger partial charge in [0.2, 0.25) is 5.28 Å². The predicted octanol–water partition coefficient (Wildman–Crippen LogP) is 0.587. The van der Waals surface area contributed by atoms with Crippen molar-refractivity contribution in [2.24, 2.45) is 0 Å². The monoisotopic (exact) mass is 221 g/mol. The second-order valence-corrected chi connectivity index (χ2v) is 3.10. The topological polar surface area (TPSA) is 85.2 Å². The van der Waals surface area contributed by atoms with Gasteiger partial charge >= 0.3 is 0 Å². The number of fused-ring (bicyclic) bond motifs is 1. The van der Waals surface area contributed by atoms with Crippen LogP contribution in [-0.4, -0.2) is 34.7 Å². The number of nitrogens with zero attached hydrogens (tertiary/aromatic N) is 6. The van der Waals surface area contributed by atoms with Crippen LogP contribution in [0, 0.1) is 0 Å². The van der Waals surface area contributed by atoms with E-state index in [-0.39, 0.29) is 5.28 Å². The van der Waals surface area contributed by atoms with Crippen molar-refractivity contribution >= 4 is 22.8 Å². The fraction of sp³-hybridized carbons (Fsp3) is 0. The first-order valence-electron chi connectivity index (χ1n) is 4.06. The Morgan fingerprint density at radius 1 is 1.33 bits per heavy atom. The van der Waals surface area contributed by atoms with Gasteiger partial charge in [-0.3, -0.25) is 0 Å². The van der Waals surface area contributed by atoms with Crippen LogP contribution in [-0.2, 0) is 0 Å². The van der Waals surface area contributed by atoms with Crippen molar-refractivity contribution < 1.29 is 0 Å². The molecule has 15 heavy (non-hydrogen) atoms. The lowest BCUT2D eigenvalue weighted by Crippen LogP contribution is -2.01. The zero-order valence-corrected chi connectivity index (χ0v) is 8.05. The van der Waals surface area contributed by atoms with E-state index in [0.29, 0.717) is 17.0 Å². The van der Waals surface area contributed by atoms with Gasteiger partial charge in [-0.15, -0.1) is 0 Å². The van der Waals surface area contributed by atoms with E-state index in [1.54, 1.807) is 0 Å². The molecule has 0 saturated carbocycles. The average Bonchev–Trinajstić information content (AvgIpc) is 2.86. The van der Waals surface area contributed by atoms with Crippen molar-refractivity contribution in [1.29, 1.82) is 0 Å². The van der Waals surface area contributed by atoms with Gasteiger partial charge in [-0.25, -0.2) is 14.6 Å². The number of imidazole rings is 1. The number of H-pyrrole nitrogens is 1. The Kier molecular flexibility index (Phi) is 1.65. The highest BCUT2D eigenvalue weighted by Gasteiger charge is 2.10. The summed E-state index contributed by atoms with van der Waals surface area (Å²) in [5, 5.41) is 4.09. The first kappa shape index (κ1) is 8.30. The molecule has 3 aromatic heterocycles. The summed E-state index contributed by atoms with van der Waals surface area (Å²) in [6, 6.07) is 0.